The summed E-state index contributed by atoms with van der Waals surface area (Å²) < 4.78 is 18.9. The van der Waals surface area contributed by atoms with Crippen molar-refractivity contribution in [3.8, 4) is 5.75 Å². The topological polar surface area (TPSA) is 9.23 Å². The smallest absolute Gasteiger partial charge is 0.126 e. The van der Waals surface area contributed by atoms with E-state index in [1.54, 1.807) is 0 Å². The SMILES string of the molecule is [B]c1c([B])c(F)c(P)c(OC(C)C)c1[B]. The molecule has 1 atom stereocenters. The van der Waals surface area contributed by atoms with Crippen molar-refractivity contribution in [3.05, 3.63) is 5.82 Å². The lowest BCUT2D eigenvalue weighted by Gasteiger charge is -2.20. The van der Waals surface area contributed by atoms with Gasteiger partial charge in [0.25, 0.3) is 0 Å². The minimum Gasteiger partial charge on any atom is -0.491 e. The maximum atomic E-state index is 13.5. The summed E-state index contributed by atoms with van der Waals surface area (Å²) in [7, 11) is 18.9. The molecular formula is C9H9B3FOP. The molecule has 1 unspecified atom stereocenters. The van der Waals surface area contributed by atoms with Gasteiger partial charge < -0.3 is 4.74 Å². The fraction of sp³-hybridized carbons (Fsp3) is 0.333. The Morgan fingerprint density at radius 2 is 1.67 bits per heavy atom. The second kappa shape index (κ2) is 4.61. The second-order valence-electron chi connectivity index (χ2n) is 3.46. The molecule has 6 heteroatoms. The van der Waals surface area contributed by atoms with Crippen molar-refractivity contribution in [2.24, 2.45) is 0 Å². The van der Waals surface area contributed by atoms with Crippen LogP contribution in [0.4, 0.5) is 4.39 Å². The third kappa shape index (κ3) is 2.39. The van der Waals surface area contributed by atoms with Gasteiger partial charge in [0.15, 0.2) is 0 Å². The normalized spacial score (nSPS) is 10.7. The monoisotopic (exact) mass is 216 g/mol. The zero-order valence-electron chi connectivity index (χ0n) is 8.67. The lowest BCUT2D eigenvalue weighted by Crippen LogP contribution is -2.45. The van der Waals surface area contributed by atoms with Crippen LogP contribution in [0.5, 0.6) is 5.75 Å². The molecule has 1 aromatic carbocycles. The first-order valence-electron chi connectivity index (χ1n) is 4.44. The fourth-order valence-electron chi connectivity index (χ4n) is 1.14. The number of ether oxygens (including phenoxy) is 1. The molecule has 0 aliphatic rings. The Labute approximate surface area is 95.6 Å². The van der Waals surface area contributed by atoms with Crippen LogP contribution in [0.25, 0.3) is 0 Å². The minimum absolute atomic E-state index is 0.0225. The molecule has 15 heavy (non-hydrogen) atoms. The molecule has 1 aromatic rings. The van der Waals surface area contributed by atoms with Gasteiger partial charge in [-0.2, -0.15) is 0 Å². The largest absolute Gasteiger partial charge is 0.491 e. The molecule has 6 radical (unpaired) electrons. The van der Waals surface area contributed by atoms with E-state index in [9.17, 15) is 4.39 Å². The van der Waals surface area contributed by atoms with Gasteiger partial charge in [0.05, 0.1) is 6.10 Å². The van der Waals surface area contributed by atoms with Gasteiger partial charge in [-0.1, -0.05) is 20.2 Å². The third-order valence-electron chi connectivity index (χ3n) is 1.90. The highest BCUT2D eigenvalue weighted by Gasteiger charge is 2.15. The number of benzene rings is 1. The van der Waals surface area contributed by atoms with Crippen molar-refractivity contribution in [3.63, 3.8) is 0 Å². The van der Waals surface area contributed by atoms with E-state index < -0.39 is 5.82 Å². The number of hydrogen-bond acceptors (Lipinski definition) is 1. The zero-order valence-corrected chi connectivity index (χ0v) is 9.83. The van der Waals surface area contributed by atoms with E-state index >= 15 is 0 Å². The van der Waals surface area contributed by atoms with Crippen LogP contribution in [0.3, 0.4) is 0 Å². The second-order valence-corrected chi connectivity index (χ2v) is 4.04. The van der Waals surface area contributed by atoms with Crippen molar-refractivity contribution >= 4 is 54.5 Å². The average Bonchev–Trinajstić information content (AvgIpc) is 2.18. The van der Waals surface area contributed by atoms with Gasteiger partial charge in [0.1, 0.15) is 35.1 Å². The maximum absolute atomic E-state index is 13.5. The van der Waals surface area contributed by atoms with E-state index in [-0.39, 0.29) is 33.5 Å². The molecule has 0 fully saturated rings. The Kier molecular flexibility index (Phi) is 3.89. The molecule has 1 nitrogen and oxygen atoms in total. The van der Waals surface area contributed by atoms with E-state index in [1.165, 1.54) is 0 Å². The van der Waals surface area contributed by atoms with Gasteiger partial charge in [0.2, 0.25) is 0 Å². The van der Waals surface area contributed by atoms with Crippen LogP contribution >= 0.6 is 9.24 Å². The summed E-state index contributed by atoms with van der Waals surface area (Å²) >= 11 is 0. The summed E-state index contributed by atoms with van der Waals surface area (Å²) in [6, 6.07) is 0. The molecule has 0 heterocycles. The standard InChI is InChI=1S/C9H9B3FOP/c1-3(2)14-8-6(12)4(10)5(11)7(13)9(8)15/h3H,15H2,1-2H3. The zero-order chi connectivity index (χ0) is 11.7. The van der Waals surface area contributed by atoms with Crippen LogP contribution in [0.2, 0.25) is 0 Å². The van der Waals surface area contributed by atoms with E-state index in [0.717, 1.165) is 0 Å². The molecule has 72 valence electrons. The summed E-state index contributed by atoms with van der Waals surface area (Å²) in [5.74, 6) is -0.374. The first-order chi connectivity index (χ1) is 6.86. The Bertz CT molecular complexity index is 366. The Hall–Kier alpha value is -0.425. The van der Waals surface area contributed by atoms with Crippen molar-refractivity contribution in [2.75, 3.05) is 0 Å². The first kappa shape index (κ1) is 12.6. The Balaban J connectivity index is 3.39. The van der Waals surface area contributed by atoms with Crippen molar-refractivity contribution in [1.82, 2.24) is 0 Å². The van der Waals surface area contributed by atoms with Crippen LogP contribution < -0.4 is 26.4 Å². The van der Waals surface area contributed by atoms with Crippen LogP contribution in [0.15, 0.2) is 0 Å². The maximum Gasteiger partial charge on any atom is 0.126 e. The van der Waals surface area contributed by atoms with Crippen molar-refractivity contribution in [2.45, 2.75) is 20.0 Å². The van der Waals surface area contributed by atoms with E-state index in [4.69, 9.17) is 28.3 Å². The van der Waals surface area contributed by atoms with Gasteiger partial charge in [-0.15, -0.1) is 5.46 Å². The lowest BCUT2D eigenvalue weighted by molar-refractivity contribution is 0.246. The third-order valence-corrected chi connectivity index (χ3v) is 2.41. The molecule has 0 aliphatic carbocycles. The molecule has 0 spiro atoms. The molecule has 0 bridgehead atoms. The molecule has 0 aromatic heterocycles. The summed E-state index contributed by atoms with van der Waals surface area (Å²) in [6.07, 6.45) is -0.117. The predicted octanol–water partition coefficient (Wildman–Crippen LogP) is -1.51. The number of rotatable bonds is 2. The van der Waals surface area contributed by atoms with E-state index in [1.807, 2.05) is 13.8 Å². The van der Waals surface area contributed by atoms with E-state index in [0.29, 0.717) is 0 Å². The average molecular weight is 216 g/mol. The Morgan fingerprint density at radius 1 is 1.13 bits per heavy atom. The van der Waals surface area contributed by atoms with Gasteiger partial charge >= 0.3 is 0 Å². The molecule has 1 rings (SSSR count). The molecule has 0 aliphatic heterocycles. The van der Waals surface area contributed by atoms with Crippen LogP contribution in [-0.4, -0.2) is 29.6 Å². The first-order valence-corrected chi connectivity index (χ1v) is 5.02. The van der Waals surface area contributed by atoms with E-state index in [2.05, 4.69) is 9.24 Å². The molecular weight excluding hydrogens is 207 g/mol. The van der Waals surface area contributed by atoms with Crippen LogP contribution in [0, 0.1) is 5.82 Å². The number of hydrogen-bond donors (Lipinski definition) is 0. The Morgan fingerprint density at radius 3 is 2.13 bits per heavy atom. The van der Waals surface area contributed by atoms with Gasteiger partial charge in [-0.05, 0) is 13.8 Å². The number of halogens is 1. The molecule has 0 saturated heterocycles. The molecule has 0 N–H and O–H groups in total. The summed E-state index contributed by atoms with van der Waals surface area (Å²) in [6.45, 7) is 3.63. The summed E-state index contributed by atoms with van der Waals surface area (Å²) in [4.78, 5) is 0. The highest BCUT2D eigenvalue weighted by molar-refractivity contribution is 7.28. The van der Waals surface area contributed by atoms with Crippen molar-refractivity contribution < 1.29 is 9.13 Å². The van der Waals surface area contributed by atoms with Gasteiger partial charge in [0, 0.05) is 5.30 Å². The van der Waals surface area contributed by atoms with Gasteiger partial charge in [-0.25, -0.2) is 4.39 Å². The summed E-state index contributed by atoms with van der Waals surface area (Å²) in [5.41, 5.74) is 0.0514. The highest BCUT2D eigenvalue weighted by Crippen LogP contribution is 2.09. The molecule has 0 saturated carbocycles. The molecule has 0 amide bonds. The fourth-order valence-corrected chi connectivity index (χ4v) is 1.52. The minimum atomic E-state index is -0.609. The highest BCUT2D eigenvalue weighted by atomic mass is 31.0. The van der Waals surface area contributed by atoms with Crippen molar-refractivity contribution in [1.29, 1.82) is 0 Å². The predicted molar refractivity (Wildman–Crippen MR) is 67.7 cm³/mol. The van der Waals surface area contributed by atoms with Crippen LogP contribution in [-0.2, 0) is 0 Å². The van der Waals surface area contributed by atoms with Crippen LogP contribution in [0.1, 0.15) is 13.8 Å². The van der Waals surface area contributed by atoms with Gasteiger partial charge in [-0.3, -0.25) is 0 Å². The lowest BCUT2D eigenvalue weighted by atomic mass is 9.71. The quantitative estimate of drug-likeness (QED) is 0.431. The summed E-state index contributed by atoms with van der Waals surface area (Å²) in [5, 5.41) is 0.202.